The summed E-state index contributed by atoms with van der Waals surface area (Å²) in [7, 11) is 0. The molecule has 1 heteroatoms. The summed E-state index contributed by atoms with van der Waals surface area (Å²) in [6.07, 6.45) is 3.25. The van der Waals surface area contributed by atoms with Crippen molar-refractivity contribution in [1.29, 1.82) is 0 Å². The van der Waals surface area contributed by atoms with Gasteiger partial charge in [0, 0.05) is 11.3 Å². The number of para-hydroxylation sites is 1. The zero-order valence-electron chi connectivity index (χ0n) is 8.59. The van der Waals surface area contributed by atoms with Crippen molar-refractivity contribution in [1.82, 2.24) is 0 Å². The number of hydrogen-bond donors (Lipinski definition) is 1. The summed E-state index contributed by atoms with van der Waals surface area (Å²) in [5.41, 5.74) is 10.5. The molecule has 0 saturated heterocycles. The van der Waals surface area contributed by atoms with Crippen LogP contribution in [0.2, 0.25) is 0 Å². The Kier molecular flexibility index (Phi) is 3.13. The lowest BCUT2D eigenvalue weighted by Crippen LogP contribution is -1.94. The lowest BCUT2D eigenvalue weighted by molar-refractivity contribution is 1.22. The Morgan fingerprint density at radius 2 is 2.15 bits per heavy atom. The van der Waals surface area contributed by atoms with Gasteiger partial charge < -0.3 is 5.73 Å². The molecule has 0 aliphatic carbocycles. The third-order valence-corrected chi connectivity index (χ3v) is 2.26. The number of rotatable bonds is 2. The molecule has 1 aromatic carbocycles. The van der Waals surface area contributed by atoms with Gasteiger partial charge >= 0.3 is 0 Å². The first-order chi connectivity index (χ1) is 6.16. The molecule has 0 unspecified atom stereocenters. The third-order valence-electron chi connectivity index (χ3n) is 2.26. The molecule has 0 heterocycles. The smallest absolute Gasteiger partial charge is 0.0419 e. The van der Waals surface area contributed by atoms with E-state index < -0.39 is 0 Å². The predicted octanol–water partition coefficient (Wildman–Crippen LogP) is 3.39. The lowest BCUT2D eigenvalue weighted by atomic mass is 10.0. The lowest BCUT2D eigenvalue weighted by Gasteiger charge is -2.08. The van der Waals surface area contributed by atoms with Gasteiger partial charge in [-0.05, 0) is 31.4 Å². The number of anilines is 1. The van der Waals surface area contributed by atoms with Crippen LogP contribution in [0.1, 0.15) is 31.4 Å². The predicted molar refractivity (Wildman–Crippen MR) is 59.5 cm³/mol. The fourth-order valence-corrected chi connectivity index (χ4v) is 1.44. The van der Waals surface area contributed by atoms with Crippen LogP contribution < -0.4 is 5.73 Å². The van der Waals surface area contributed by atoms with Gasteiger partial charge in [0.2, 0.25) is 0 Å². The molecule has 0 radical (unpaired) electrons. The highest BCUT2D eigenvalue weighted by Crippen LogP contribution is 2.24. The summed E-state index contributed by atoms with van der Waals surface area (Å²) in [6.45, 7) is 6.28. The van der Waals surface area contributed by atoms with Crippen molar-refractivity contribution in [3.05, 3.63) is 35.4 Å². The van der Waals surface area contributed by atoms with Crippen molar-refractivity contribution in [2.45, 2.75) is 27.2 Å². The van der Waals surface area contributed by atoms with Crippen LogP contribution in [0, 0.1) is 6.92 Å². The molecule has 1 rings (SSSR count). The SMILES string of the molecule is CC/C=C(/C)c1cccc(C)c1N. The highest BCUT2D eigenvalue weighted by atomic mass is 14.6. The van der Waals surface area contributed by atoms with Crippen LogP contribution in [-0.2, 0) is 0 Å². The summed E-state index contributed by atoms with van der Waals surface area (Å²) in [5.74, 6) is 0. The maximum Gasteiger partial charge on any atom is 0.0419 e. The highest BCUT2D eigenvalue weighted by Gasteiger charge is 2.01. The van der Waals surface area contributed by atoms with E-state index >= 15 is 0 Å². The molecular weight excluding hydrogens is 158 g/mol. The number of nitrogen functional groups attached to an aromatic ring is 1. The Hall–Kier alpha value is -1.24. The fourth-order valence-electron chi connectivity index (χ4n) is 1.44. The quantitative estimate of drug-likeness (QED) is 0.685. The van der Waals surface area contributed by atoms with Gasteiger partial charge in [0.05, 0.1) is 0 Å². The summed E-state index contributed by atoms with van der Waals surface area (Å²) in [4.78, 5) is 0. The molecule has 0 aliphatic rings. The van der Waals surface area contributed by atoms with Crippen molar-refractivity contribution in [3.8, 4) is 0 Å². The first-order valence-electron chi connectivity index (χ1n) is 4.69. The summed E-state index contributed by atoms with van der Waals surface area (Å²) in [6, 6.07) is 6.16. The van der Waals surface area contributed by atoms with Crippen molar-refractivity contribution >= 4 is 11.3 Å². The zero-order chi connectivity index (χ0) is 9.84. The van der Waals surface area contributed by atoms with Gasteiger partial charge in [0.1, 0.15) is 0 Å². The molecule has 0 saturated carbocycles. The molecule has 0 bridgehead atoms. The minimum Gasteiger partial charge on any atom is -0.398 e. The van der Waals surface area contributed by atoms with Gasteiger partial charge in [0.15, 0.2) is 0 Å². The minimum absolute atomic E-state index is 0.907. The fraction of sp³-hybridized carbons (Fsp3) is 0.333. The van der Waals surface area contributed by atoms with E-state index in [0.29, 0.717) is 0 Å². The Bertz CT molecular complexity index is 324. The largest absolute Gasteiger partial charge is 0.398 e. The van der Waals surface area contributed by atoms with Crippen LogP contribution in [-0.4, -0.2) is 0 Å². The van der Waals surface area contributed by atoms with E-state index in [2.05, 4.69) is 26.0 Å². The molecular formula is C12H17N. The van der Waals surface area contributed by atoms with Crippen molar-refractivity contribution in [3.63, 3.8) is 0 Å². The van der Waals surface area contributed by atoms with E-state index in [1.54, 1.807) is 0 Å². The van der Waals surface area contributed by atoms with E-state index in [9.17, 15) is 0 Å². The summed E-state index contributed by atoms with van der Waals surface area (Å²) in [5, 5.41) is 0. The Morgan fingerprint density at radius 3 is 2.77 bits per heavy atom. The molecule has 0 amide bonds. The summed E-state index contributed by atoms with van der Waals surface area (Å²) < 4.78 is 0. The Labute approximate surface area is 80.3 Å². The second-order valence-corrected chi connectivity index (χ2v) is 3.33. The van der Waals surface area contributed by atoms with Crippen LogP contribution in [0.5, 0.6) is 0 Å². The van der Waals surface area contributed by atoms with Crippen LogP contribution in [0.3, 0.4) is 0 Å². The third kappa shape index (κ3) is 2.11. The van der Waals surface area contributed by atoms with E-state index in [-0.39, 0.29) is 0 Å². The number of hydrogen-bond acceptors (Lipinski definition) is 1. The molecule has 0 spiro atoms. The number of allylic oxidation sites excluding steroid dienone is 2. The molecule has 1 aromatic rings. The second kappa shape index (κ2) is 4.13. The van der Waals surface area contributed by atoms with Crippen LogP contribution in [0.4, 0.5) is 5.69 Å². The highest BCUT2D eigenvalue weighted by molar-refractivity contribution is 5.75. The minimum atomic E-state index is 0.907. The Morgan fingerprint density at radius 1 is 1.46 bits per heavy atom. The van der Waals surface area contributed by atoms with Gasteiger partial charge in [-0.1, -0.05) is 31.2 Å². The first kappa shape index (κ1) is 9.85. The molecule has 1 nitrogen and oxygen atoms in total. The molecule has 0 aliphatic heterocycles. The average Bonchev–Trinajstić information content (AvgIpc) is 2.10. The van der Waals surface area contributed by atoms with Gasteiger partial charge in [-0.3, -0.25) is 0 Å². The molecule has 0 fully saturated rings. The van der Waals surface area contributed by atoms with Crippen molar-refractivity contribution < 1.29 is 0 Å². The first-order valence-corrected chi connectivity index (χ1v) is 4.69. The van der Waals surface area contributed by atoms with Gasteiger partial charge in [-0.25, -0.2) is 0 Å². The monoisotopic (exact) mass is 175 g/mol. The van der Waals surface area contributed by atoms with Crippen LogP contribution >= 0.6 is 0 Å². The average molecular weight is 175 g/mol. The standard InChI is InChI=1S/C12H17N/c1-4-6-9(2)11-8-5-7-10(3)12(11)13/h5-8H,4,13H2,1-3H3/b9-6-. The summed E-state index contributed by atoms with van der Waals surface area (Å²) >= 11 is 0. The molecule has 13 heavy (non-hydrogen) atoms. The molecule has 2 N–H and O–H groups in total. The van der Waals surface area contributed by atoms with E-state index in [4.69, 9.17) is 5.73 Å². The van der Waals surface area contributed by atoms with E-state index in [1.807, 2.05) is 19.1 Å². The van der Waals surface area contributed by atoms with Crippen LogP contribution in [0.15, 0.2) is 24.3 Å². The molecule has 0 aromatic heterocycles. The topological polar surface area (TPSA) is 26.0 Å². The van der Waals surface area contributed by atoms with Crippen molar-refractivity contribution in [2.75, 3.05) is 5.73 Å². The zero-order valence-corrected chi connectivity index (χ0v) is 8.59. The van der Waals surface area contributed by atoms with Gasteiger partial charge in [-0.2, -0.15) is 0 Å². The van der Waals surface area contributed by atoms with E-state index in [1.165, 1.54) is 11.1 Å². The van der Waals surface area contributed by atoms with E-state index in [0.717, 1.165) is 17.7 Å². The second-order valence-electron chi connectivity index (χ2n) is 3.33. The number of benzene rings is 1. The van der Waals surface area contributed by atoms with Crippen LogP contribution in [0.25, 0.3) is 5.57 Å². The normalized spacial score (nSPS) is 11.8. The number of aryl methyl sites for hydroxylation is 1. The van der Waals surface area contributed by atoms with Gasteiger partial charge in [-0.15, -0.1) is 0 Å². The Balaban J connectivity index is 3.15. The van der Waals surface area contributed by atoms with Crippen molar-refractivity contribution in [2.24, 2.45) is 0 Å². The maximum atomic E-state index is 5.97. The van der Waals surface area contributed by atoms with Gasteiger partial charge in [0.25, 0.3) is 0 Å². The maximum absolute atomic E-state index is 5.97. The number of nitrogens with two attached hydrogens (primary N) is 1. The molecule has 70 valence electrons. The molecule has 0 atom stereocenters.